The van der Waals surface area contributed by atoms with Crippen molar-refractivity contribution in [1.82, 2.24) is 10.2 Å². The number of piperidine rings is 1. The number of morpholine rings is 1. The second kappa shape index (κ2) is 11.0. The molecule has 2 N–H and O–H groups in total. The third kappa shape index (κ3) is 5.51. The van der Waals surface area contributed by atoms with Gasteiger partial charge < -0.3 is 29.7 Å². The van der Waals surface area contributed by atoms with Crippen LogP contribution in [0.2, 0.25) is 0 Å². The van der Waals surface area contributed by atoms with E-state index in [9.17, 15) is 9.59 Å². The van der Waals surface area contributed by atoms with Gasteiger partial charge in [-0.15, -0.1) is 0 Å². The van der Waals surface area contributed by atoms with Crippen molar-refractivity contribution in [1.29, 1.82) is 0 Å². The quantitative estimate of drug-likeness (QED) is 0.666. The first-order chi connectivity index (χ1) is 15.7. The van der Waals surface area contributed by atoms with Crippen LogP contribution in [0.4, 0.5) is 16.2 Å². The van der Waals surface area contributed by atoms with Crippen molar-refractivity contribution in [3.63, 3.8) is 0 Å². The van der Waals surface area contributed by atoms with E-state index in [1.807, 2.05) is 6.07 Å². The number of anilines is 2. The second-order valence-corrected chi connectivity index (χ2v) is 8.56. The zero-order valence-corrected chi connectivity index (χ0v) is 18.8. The number of hydrogen-bond acceptors (Lipinski definition) is 6. The van der Waals surface area contributed by atoms with Gasteiger partial charge in [0.1, 0.15) is 5.75 Å². The number of benzene rings is 1. The van der Waals surface area contributed by atoms with Gasteiger partial charge in [-0.1, -0.05) is 0 Å². The molecular formula is C23H34N4O5. The average molecular weight is 447 g/mol. The van der Waals surface area contributed by atoms with Crippen molar-refractivity contribution < 1.29 is 23.8 Å². The van der Waals surface area contributed by atoms with Gasteiger partial charge in [-0.05, 0) is 37.5 Å². The van der Waals surface area contributed by atoms with Crippen LogP contribution in [-0.4, -0.2) is 82.6 Å². The highest BCUT2D eigenvalue weighted by molar-refractivity contribution is 5.97. The molecule has 0 spiro atoms. The topological polar surface area (TPSA) is 92.4 Å². The summed E-state index contributed by atoms with van der Waals surface area (Å²) in [4.78, 5) is 29.3. The Morgan fingerprint density at radius 2 is 2.03 bits per heavy atom. The molecule has 3 aliphatic rings. The number of rotatable bonds is 7. The van der Waals surface area contributed by atoms with E-state index in [1.54, 1.807) is 24.1 Å². The van der Waals surface area contributed by atoms with Gasteiger partial charge in [0.15, 0.2) is 0 Å². The molecule has 176 valence electrons. The van der Waals surface area contributed by atoms with Crippen molar-refractivity contribution in [3.05, 3.63) is 18.2 Å². The molecule has 9 nitrogen and oxygen atoms in total. The number of urea groups is 1. The van der Waals surface area contributed by atoms with Gasteiger partial charge in [0, 0.05) is 56.9 Å². The summed E-state index contributed by atoms with van der Waals surface area (Å²) in [6, 6.07) is 5.36. The van der Waals surface area contributed by atoms with Crippen LogP contribution in [0.5, 0.6) is 5.75 Å². The summed E-state index contributed by atoms with van der Waals surface area (Å²) < 4.78 is 16.6. The van der Waals surface area contributed by atoms with Gasteiger partial charge >= 0.3 is 6.03 Å². The third-order valence-corrected chi connectivity index (χ3v) is 6.55. The minimum atomic E-state index is -0.261. The summed E-state index contributed by atoms with van der Waals surface area (Å²) in [5.41, 5.74) is 1.33. The standard InChI is InChI=1S/C23H34N4O5/c1-30-21-6-5-18(14-19(21)27-8-3-2-4-22(27)28)25-23(29)24-15-20(17-7-11-32-16-17)26-9-12-31-13-10-26/h5-6,14,17,20H,2-4,7-13,15-16H2,1H3,(H2,24,25,29)/t17-,20+/m1/s1. The van der Waals surface area contributed by atoms with Crippen LogP contribution in [0.15, 0.2) is 18.2 Å². The van der Waals surface area contributed by atoms with Crippen LogP contribution in [0.3, 0.4) is 0 Å². The first kappa shape index (κ1) is 22.8. The van der Waals surface area contributed by atoms with E-state index in [2.05, 4.69) is 15.5 Å². The molecular weight excluding hydrogens is 412 g/mol. The summed E-state index contributed by atoms with van der Waals surface area (Å²) in [5, 5.41) is 5.96. The Labute approximate surface area is 189 Å². The molecule has 9 heteroatoms. The molecule has 3 aliphatic heterocycles. The Morgan fingerprint density at radius 1 is 1.19 bits per heavy atom. The zero-order valence-electron chi connectivity index (χ0n) is 18.8. The fourth-order valence-corrected chi connectivity index (χ4v) is 4.77. The van der Waals surface area contributed by atoms with E-state index in [4.69, 9.17) is 14.2 Å². The summed E-state index contributed by atoms with van der Waals surface area (Å²) in [7, 11) is 1.59. The number of amides is 3. The minimum absolute atomic E-state index is 0.0864. The molecule has 3 amide bonds. The molecule has 0 aromatic heterocycles. The van der Waals surface area contributed by atoms with Gasteiger partial charge in [0.25, 0.3) is 0 Å². The number of hydrogen-bond donors (Lipinski definition) is 2. The predicted octanol–water partition coefficient (Wildman–Crippen LogP) is 2.07. The first-order valence-corrected chi connectivity index (χ1v) is 11.6. The van der Waals surface area contributed by atoms with Gasteiger partial charge in [-0.25, -0.2) is 4.79 Å². The highest BCUT2D eigenvalue weighted by Crippen LogP contribution is 2.33. The van der Waals surface area contributed by atoms with Crippen LogP contribution in [0.25, 0.3) is 0 Å². The fourth-order valence-electron chi connectivity index (χ4n) is 4.77. The third-order valence-electron chi connectivity index (χ3n) is 6.55. The summed E-state index contributed by atoms with van der Waals surface area (Å²) in [6.07, 6.45) is 3.42. The molecule has 3 fully saturated rings. The lowest BCUT2D eigenvalue weighted by Crippen LogP contribution is -2.52. The first-order valence-electron chi connectivity index (χ1n) is 11.6. The molecule has 32 heavy (non-hydrogen) atoms. The summed E-state index contributed by atoms with van der Waals surface area (Å²) in [5.74, 6) is 1.12. The van der Waals surface area contributed by atoms with E-state index < -0.39 is 0 Å². The Hall–Kier alpha value is -2.36. The fraction of sp³-hybridized carbons (Fsp3) is 0.652. The van der Waals surface area contributed by atoms with Crippen molar-refractivity contribution >= 4 is 23.3 Å². The minimum Gasteiger partial charge on any atom is -0.495 e. The van der Waals surface area contributed by atoms with E-state index >= 15 is 0 Å². The number of methoxy groups -OCH3 is 1. The maximum absolute atomic E-state index is 12.7. The number of nitrogens with one attached hydrogen (secondary N) is 2. The molecule has 1 aromatic rings. The summed E-state index contributed by atoms with van der Waals surface area (Å²) in [6.45, 7) is 5.91. The highest BCUT2D eigenvalue weighted by Gasteiger charge is 2.32. The molecule has 0 unspecified atom stereocenters. The molecule has 0 bridgehead atoms. The Kier molecular flexibility index (Phi) is 7.83. The number of carbonyl (C=O) groups is 2. The molecule has 1 aromatic carbocycles. The van der Waals surface area contributed by atoms with Crippen molar-refractivity contribution in [2.45, 2.75) is 31.7 Å². The Morgan fingerprint density at radius 3 is 2.75 bits per heavy atom. The molecule has 4 rings (SSSR count). The molecule has 0 aliphatic carbocycles. The van der Waals surface area contributed by atoms with Crippen LogP contribution < -0.4 is 20.3 Å². The van der Waals surface area contributed by atoms with Gasteiger partial charge in [0.05, 0.1) is 32.6 Å². The van der Waals surface area contributed by atoms with E-state index in [1.165, 1.54) is 0 Å². The van der Waals surface area contributed by atoms with Crippen LogP contribution in [0.1, 0.15) is 25.7 Å². The Bertz CT molecular complexity index is 793. The van der Waals surface area contributed by atoms with Crippen molar-refractivity contribution in [2.75, 3.05) is 69.9 Å². The second-order valence-electron chi connectivity index (χ2n) is 8.56. The zero-order chi connectivity index (χ0) is 22.3. The van der Waals surface area contributed by atoms with E-state index in [-0.39, 0.29) is 18.0 Å². The molecule has 0 saturated carbocycles. The lowest BCUT2D eigenvalue weighted by molar-refractivity contribution is -0.119. The van der Waals surface area contributed by atoms with Gasteiger partial charge in [-0.2, -0.15) is 0 Å². The lowest BCUT2D eigenvalue weighted by atomic mass is 9.97. The SMILES string of the molecule is COc1ccc(NC(=O)NC[C@@H]([C@@H]2CCOC2)N2CCOCC2)cc1N1CCCCC1=O. The predicted molar refractivity (Wildman–Crippen MR) is 121 cm³/mol. The largest absolute Gasteiger partial charge is 0.495 e. The maximum atomic E-state index is 12.7. The van der Waals surface area contributed by atoms with E-state index in [0.717, 1.165) is 58.8 Å². The maximum Gasteiger partial charge on any atom is 0.319 e. The van der Waals surface area contributed by atoms with E-state index in [0.29, 0.717) is 42.6 Å². The molecule has 3 heterocycles. The van der Waals surface area contributed by atoms with Crippen LogP contribution >= 0.6 is 0 Å². The molecule has 2 atom stereocenters. The smallest absolute Gasteiger partial charge is 0.319 e. The number of carbonyl (C=O) groups excluding carboxylic acids is 2. The Balaban J connectivity index is 1.39. The molecule has 3 saturated heterocycles. The number of nitrogens with zero attached hydrogens (tertiary/aromatic N) is 2. The van der Waals surface area contributed by atoms with Crippen LogP contribution in [-0.2, 0) is 14.3 Å². The lowest BCUT2D eigenvalue weighted by Gasteiger charge is -2.37. The van der Waals surface area contributed by atoms with Crippen molar-refractivity contribution in [2.24, 2.45) is 5.92 Å². The highest BCUT2D eigenvalue weighted by atomic mass is 16.5. The normalized spacial score (nSPS) is 23.1. The van der Waals surface area contributed by atoms with Gasteiger partial charge in [-0.3, -0.25) is 9.69 Å². The summed E-state index contributed by atoms with van der Waals surface area (Å²) >= 11 is 0. The number of ether oxygens (including phenoxy) is 3. The van der Waals surface area contributed by atoms with Crippen molar-refractivity contribution in [3.8, 4) is 5.75 Å². The van der Waals surface area contributed by atoms with Crippen LogP contribution in [0, 0.1) is 5.92 Å². The van der Waals surface area contributed by atoms with Gasteiger partial charge in [0.2, 0.25) is 5.91 Å². The molecule has 0 radical (unpaired) electrons. The average Bonchev–Trinajstić information content (AvgIpc) is 3.35. The monoisotopic (exact) mass is 446 g/mol.